The van der Waals surface area contributed by atoms with E-state index >= 15 is 0 Å². The van der Waals surface area contributed by atoms with E-state index in [0.717, 1.165) is 61.5 Å². The van der Waals surface area contributed by atoms with Crippen LogP contribution in [0, 0.1) is 5.92 Å². The Kier molecular flexibility index (Phi) is 14.1. The molecule has 7 amide bonds. The summed E-state index contributed by atoms with van der Waals surface area (Å²) in [6.07, 6.45) is 15.1. The molecule has 3 fully saturated rings. The number of carbonyl (C=O) groups is 7. The fourth-order valence-corrected chi connectivity index (χ4v) is 8.41. The molecule has 3 aromatic rings. The average Bonchev–Trinajstić information content (AvgIpc) is 3.54. The van der Waals surface area contributed by atoms with Crippen LogP contribution in [0.15, 0.2) is 67.1 Å². The van der Waals surface area contributed by atoms with Crippen molar-refractivity contribution in [3.05, 3.63) is 89.4 Å². The second-order valence-electron chi connectivity index (χ2n) is 16.0. The summed E-state index contributed by atoms with van der Waals surface area (Å²) in [7, 11) is 0. The van der Waals surface area contributed by atoms with E-state index in [-0.39, 0.29) is 41.7 Å². The third-order valence-corrected chi connectivity index (χ3v) is 11.9. The van der Waals surface area contributed by atoms with E-state index in [1.54, 1.807) is 42.9 Å². The van der Waals surface area contributed by atoms with Crippen molar-refractivity contribution in [2.45, 2.75) is 70.3 Å². The number of hydrogen-bond donors (Lipinski definition) is 3. The van der Waals surface area contributed by atoms with Crippen LogP contribution in [0.1, 0.15) is 101 Å². The molecule has 2 aromatic heterocycles. The van der Waals surface area contributed by atoms with Crippen LogP contribution in [0.25, 0.3) is 6.08 Å². The molecule has 16 heteroatoms. The van der Waals surface area contributed by atoms with Crippen LogP contribution >= 0.6 is 0 Å². The van der Waals surface area contributed by atoms with Gasteiger partial charge in [0.1, 0.15) is 11.9 Å². The Labute approximate surface area is 355 Å². The number of fused-ring (bicyclic) bond motifs is 1. The van der Waals surface area contributed by atoms with E-state index in [9.17, 15) is 33.6 Å². The van der Waals surface area contributed by atoms with E-state index in [1.165, 1.54) is 6.08 Å². The Bertz CT molecular complexity index is 2130. The number of likely N-dealkylation sites (tertiary alicyclic amines) is 1. The van der Waals surface area contributed by atoms with Gasteiger partial charge in [-0.3, -0.25) is 48.8 Å². The molecule has 4 aliphatic heterocycles. The number of nitrogens with zero attached hydrogens (tertiary/aromatic N) is 6. The number of piperidine rings is 2. The van der Waals surface area contributed by atoms with E-state index in [0.29, 0.717) is 75.7 Å². The molecule has 7 rings (SSSR count). The van der Waals surface area contributed by atoms with Gasteiger partial charge in [0.15, 0.2) is 0 Å². The van der Waals surface area contributed by atoms with Crippen molar-refractivity contribution in [1.82, 2.24) is 35.3 Å². The Balaban J connectivity index is 0.761. The molecule has 1 aromatic carbocycles. The molecule has 0 radical (unpaired) electrons. The molecular formula is C45H53N9O7. The molecule has 61 heavy (non-hydrogen) atoms. The highest BCUT2D eigenvalue weighted by atomic mass is 16.2. The summed E-state index contributed by atoms with van der Waals surface area (Å²) in [5, 5.41) is 8.39. The van der Waals surface area contributed by atoms with Crippen molar-refractivity contribution >= 4 is 58.9 Å². The topological polar surface area (TPSA) is 194 Å². The molecule has 16 nitrogen and oxygen atoms in total. The van der Waals surface area contributed by atoms with Crippen LogP contribution in [0.3, 0.4) is 0 Å². The average molecular weight is 832 g/mol. The van der Waals surface area contributed by atoms with Crippen LogP contribution < -0.4 is 20.9 Å². The zero-order chi connectivity index (χ0) is 42.7. The largest absolute Gasteiger partial charge is 0.384 e. The normalized spacial score (nSPS) is 18.4. The number of amides is 7. The summed E-state index contributed by atoms with van der Waals surface area (Å²) >= 11 is 0. The number of anilines is 2. The van der Waals surface area contributed by atoms with Crippen molar-refractivity contribution < 1.29 is 33.6 Å². The Morgan fingerprint density at radius 3 is 2.34 bits per heavy atom. The lowest BCUT2D eigenvalue weighted by atomic mass is 9.91. The van der Waals surface area contributed by atoms with Crippen LogP contribution in [0.2, 0.25) is 0 Å². The van der Waals surface area contributed by atoms with Gasteiger partial charge in [0.05, 0.1) is 16.7 Å². The van der Waals surface area contributed by atoms with Crippen molar-refractivity contribution in [3.63, 3.8) is 0 Å². The molecule has 0 saturated carbocycles. The minimum absolute atomic E-state index is 0.00198. The smallest absolute Gasteiger partial charge is 0.264 e. The molecule has 3 saturated heterocycles. The first-order valence-electron chi connectivity index (χ1n) is 21.4. The van der Waals surface area contributed by atoms with Crippen molar-refractivity contribution in [1.29, 1.82) is 0 Å². The minimum atomic E-state index is -1.02. The standard InChI is InChI=1S/C45H53N9O7/c55-38(16-12-32-8-6-20-46-29-32)48-22-3-1-7-31-18-23-53(24-19-31)43(59)33-13-15-37(49-30-33)51-25-27-52(28-26-51)40(57)11-2-4-21-47-35-10-5-9-34-41(35)45(61)54(44(34)60)36-14-17-39(56)50-42(36)58/h5-6,8-10,12-13,15-16,20,29-31,36,47H,1-4,7,11,14,17-19,21-28H2,(H,48,55)(H,50,56,58)/b16-12+. The summed E-state index contributed by atoms with van der Waals surface area (Å²) in [6.45, 7) is 4.98. The van der Waals surface area contributed by atoms with E-state index in [2.05, 4.69) is 30.8 Å². The van der Waals surface area contributed by atoms with Gasteiger partial charge in [0.2, 0.25) is 23.6 Å². The Morgan fingerprint density at radius 2 is 1.61 bits per heavy atom. The van der Waals surface area contributed by atoms with E-state index in [4.69, 9.17) is 0 Å². The Morgan fingerprint density at radius 1 is 0.803 bits per heavy atom. The first kappa shape index (κ1) is 42.7. The quantitative estimate of drug-likeness (QED) is 0.108. The van der Waals surface area contributed by atoms with Gasteiger partial charge in [0.25, 0.3) is 17.7 Å². The number of rotatable bonds is 16. The van der Waals surface area contributed by atoms with Gasteiger partial charge in [-0.1, -0.05) is 25.0 Å². The van der Waals surface area contributed by atoms with E-state index < -0.39 is 29.7 Å². The van der Waals surface area contributed by atoms with E-state index in [1.807, 2.05) is 34.1 Å². The summed E-state index contributed by atoms with van der Waals surface area (Å²) in [5.74, 6) is -0.866. The van der Waals surface area contributed by atoms with Gasteiger partial charge in [-0.15, -0.1) is 0 Å². The van der Waals surface area contributed by atoms with Gasteiger partial charge in [0, 0.05) is 95.6 Å². The maximum absolute atomic E-state index is 13.3. The number of hydrogen-bond acceptors (Lipinski definition) is 11. The highest BCUT2D eigenvalue weighted by Crippen LogP contribution is 2.32. The Hall–Kier alpha value is -6.45. The molecular weight excluding hydrogens is 779 g/mol. The molecule has 0 aliphatic carbocycles. The van der Waals surface area contributed by atoms with Crippen molar-refractivity contribution in [2.24, 2.45) is 5.92 Å². The van der Waals surface area contributed by atoms with Crippen LogP contribution in [-0.2, 0) is 19.2 Å². The molecule has 4 aliphatic rings. The minimum Gasteiger partial charge on any atom is -0.384 e. The molecule has 6 heterocycles. The summed E-state index contributed by atoms with van der Waals surface area (Å²) in [5.41, 5.74) is 2.39. The van der Waals surface area contributed by atoms with Gasteiger partial charge < -0.3 is 25.3 Å². The zero-order valence-electron chi connectivity index (χ0n) is 34.4. The molecule has 0 spiro atoms. The molecule has 3 N–H and O–H groups in total. The first-order valence-corrected chi connectivity index (χ1v) is 21.4. The maximum atomic E-state index is 13.3. The predicted molar refractivity (Wildman–Crippen MR) is 227 cm³/mol. The first-order chi connectivity index (χ1) is 29.7. The second-order valence-corrected chi connectivity index (χ2v) is 16.0. The monoisotopic (exact) mass is 831 g/mol. The van der Waals surface area contributed by atoms with Crippen molar-refractivity contribution in [3.8, 4) is 0 Å². The van der Waals surface area contributed by atoms with Crippen LogP contribution in [0.5, 0.6) is 0 Å². The SMILES string of the molecule is O=C(/C=C/c1cccnc1)NCCCCC1CCN(C(=O)c2ccc(N3CCN(C(=O)CCCCNc4cccc5c4C(=O)N(C4CCC(=O)NC4=O)C5=O)CC3)nc2)CC1. The zero-order valence-corrected chi connectivity index (χ0v) is 34.4. The van der Waals surface area contributed by atoms with Gasteiger partial charge in [-0.05, 0) is 86.4 Å². The number of nitrogens with one attached hydrogen (secondary N) is 3. The number of benzene rings is 1. The number of imide groups is 2. The summed E-state index contributed by atoms with van der Waals surface area (Å²) in [6, 6.07) is 11.4. The number of pyridine rings is 2. The number of aromatic nitrogens is 2. The molecule has 320 valence electrons. The molecule has 1 unspecified atom stereocenters. The highest BCUT2D eigenvalue weighted by molar-refractivity contribution is 6.25. The maximum Gasteiger partial charge on any atom is 0.264 e. The summed E-state index contributed by atoms with van der Waals surface area (Å²) in [4.78, 5) is 104. The number of carbonyl (C=O) groups excluding carboxylic acids is 7. The predicted octanol–water partition coefficient (Wildman–Crippen LogP) is 3.66. The van der Waals surface area contributed by atoms with Crippen LogP contribution in [0.4, 0.5) is 11.5 Å². The van der Waals surface area contributed by atoms with Crippen molar-refractivity contribution in [2.75, 3.05) is 62.6 Å². The lowest BCUT2D eigenvalue weighted by Crippen LogP contribution is -2.54. The lowest BCUT2D eigenvalue weighted by Gasteiger charge is -2.35. The van der Waals surface area contributed by atoms with Gasteiger partial charge in [-0.25, -0.2) is 4.98 Å². The fraction of sp³-hybridized carbons (Fsp3) is 0.444. The van der Waals surface area contributed by atoms with Crippen LogP contribution in [-0.4, -0.2) is 124 Å². The third kappa shape index (κ3) is 10.7. The summed E-state index contributed by atoms with van der Waals surface area (Å²) < 4.78 is 0. The number of unbranched alkanes of at least 4 members (excludes halogenated alkanes) is 2. The van der Waals surface area contributed by atoms with Gasteiger partial charge >= 0.3 is 0 Å². The third-order valence-electron chi connectivity index (χ3n) is 11.9. The fourth-order valence-electron chi connectivity index (χ4n) is 8.41. The van der Waals surface area contributed by atoms with Gasteiger partial charge in [-0.2, -0.15) is 0 Å². The lowest BCUT2D eigenvalue weighted by molar-refractivity contribution is -0.136. The second kappa shape index (κ2) is 20.2. The molecule has 1 atom stereocenters. The number of piperazine rings is 1. The molecule has 0 bridgehead atoms. The highest BCUT2D eigenvalue weighted by Gasteiger charge is 2.45.